The molecule has 1 aromatic carbocycles. The maximum absolute atomic E-state index is 12.7. The van der Waals surface area contributed by atoms with Crippen molar-refractivity contribution < 1.29 is 14.7 Å². The molecular weight excluding hydrogens is 382 g/mol. The summed E-state index contributed by atoms with van der Waals surface area (Å²) in [6.45, 7) is 6.23. The molecule has 2 rings (SSSR count). The fourth-order valence-corrected chi connectivity index (χ4v) is 3.65. The van der Waals surface area contributed by atoms with Gasteiger partial charge in [-0.05, 0) is 37.0 Å². The molecule has 0 aliphatic carbocycles. The van der Waals surface area contributed by atoms with Crippen LogP contribution in [0.4, 0.5) is 0 Å². The Balaban J connectivity index is 2.37. The van der Waals surface area contributed by atoms with Gasteiger partial charge in [0.1, 0.15) is 0 Å². The molecule has 1 N–H and O–H groups in total. The number of carbonyl (C=O) groups excluding carboxylic acids is 2. The molecule has 136 valence electrons. The number of nitrogens with zero attached hydrogens (tertiary/aromatic N) is 1. The quantitative estimate of drug-likeness (QED) is 0.662. The summed E-state index contributed by atoms with van der Waals surface area (Å²) in [7, 11) is 0. The highest BCUT2D eigenvalue weighted by Gasteiger charge is 2.42. The molecule has 2 atom stereocenters. The zero-order valence-electron chi connectivity index (χ0n) is 15.1. The normalized spacial score (nSPS) is 18.8. The third kappa shape index (κ3) is 4.32. The van der Waals surface area contributed by atoms with Crippen molar-refractivity contribution in [3.8, 4) is 0 Å². The molecule has 0 aromatic heterocycles. The molecule has 5 heteroatoms. The maximum atomic E-state index is 12.7. The number of amides is 1. The molecule has 1 aliphatic heterocycles. The second kappa shape index (κ2) is 8.65. The van der Waals surface area contributed by atoms with Crippen LogP contribution in [0.2, 0.25) is 0 Å². The summed E-state index contributed by atoms with van der Waals surface area (Å²) in [6.07, 6.45) is 4.23. The van der Waals surface area contributed by atoms with E-state index in [1.165, 1.54) is 6.92 Å². The van der Waals surface area contributed by atoms with Crippen molar-refractivity contribution in [1.29, 1.82) is 0 Å². The molecule has 1 aliphatic rings. The van der Waals surface area contributed by atoms with Crippen LogP contribution in [0.15, 0.2) is 40.1 Å². The minimum Gasteiger partial charge on any atom is -0.503 e. The van der Waals surface area contributed by atoms with Crippen molar-refractivity contribution in [2.24, 2.45) is 5.92 Å². The lowest BCUT2D eigenvalue weighted by Gasteiger charge is -2.30. The van der Waals surface area contributed by atoms with Crippen molar-refractivity contribution in [2.75, 3.05) is 6.54 Å². The lowest BCUT2D eigenvalue weighted by Crippen LogP contribution is -2.35. The minimum absolute atomic E-state index is 0.206. The second-order valence-electron chi connectivity index (χ2n) is 6.65. The predicted octanol–water partition coefficient (Wildman–Crippen LogP) is 4.95. The molecular formula is C20H26BrNO3. The number of carbonyl (C=O) groups is 2. The highest BCUT2D eigenvalue weighted by molar-refractivity contribution is 9.10. The van der Waals surface area contributed by atoms with Crippen molar-refractivity contribution in [1.82, 2.24) is 4.90 Å². The molecule has 1 aromatic rings. The van der Waals surface area contributed by atoms with Crippen LogP contribution in [0.3, 0.4) is 0 Å². The fourth-order valence-electron chi connectivity index (χ4n) is 3.39. The Morgan fingerprint density at radius 1 is 1.28 bits per heavy atom. The van der Waals surface area contributed by atoms with E-state index < -0.39 is 17.7 Å². The van der Waals surface area contributed by atoms with E-state index in [1.54, 1.807) is 4.90 Å². The van der Waals surface area contributed by atoms with Gasteiger partial charge in [-0.1, -0.05) is 61.2 Å². The van der Waals surface area contributed by atoms with E-state index in [-0.39, 0.29) is 11.4 Å². The Morgan fingerprint density at radius 3 is 2.44 bits per heavy atom. The molecule has 0 spiro atoms. The first-order valence-corrected chi connectivity index (χ1v) is 9.70. The van der Waals surface area contributed by atoms with Gasteiger partial charge in [-0.25, -0.2) is 0 Å². The maximum Gasteiger partial charge on any atom is 0.290 e. The van der Waals surface area contributed by atoms with Gasteiger partial charge in [-0.3, -0.25) is 9.59 Å². The third-order valence-electron chi connectivity index (χ3n) is 4.87. The summed E-state index contributed by atoms with van der Waals surface area (Å²) >= 11 is 3.41. The lowest BCUT2D eigenvalue weighted by atomic mass is 9.94. The number of benzene rings is 1. The van der Waals surface area contributed by atoms with Gasteiger partial charge < -0.3 is 10.0 Å². The van der Waals surface area contributed by atoms with E-state index in [1.807, 2.05) is 24.3 Å². The SMILES string of the molecule is CCCC[C@@H](CC)CN1C(=O)C(O)=C(C(C)=O)[C@H]1c1ccc(Br)cc1. The summed E-state index contributed by atoms with van der Waals surface area (Å²) in [4.78, 5) is 26.4. The van der Waals surface area contributed by atoms with Crippen LogP contribution in [-0.4, -0.2) is 28.2 Å². The number of unbranched alkanes of at least 4 members (excludes halogenated alkanes) is 1. The molecule has 1 amide bonds. The highest BCUT2D eigenvalue weighted by Crippen LogP contribution is 2.39. The molecule has 4 nitrogen and oxygen atoms in total. The number of hydrogen-bond acceptors (Lipinski definition) is 3. The predicted molar refractivity (Wildman–Crippen MR) is 102 cm³/mol. The molecule has 0 fully saturated rings. The van der Waals surface area contributed by atoms with Crippen LogP contribution in [0, 0.1) is 5.92 Å². The first-order chi connectivity index (χ1) is 11.9. The lowest BCUT2D eigenvalue weighted by molar-refractivity contribution is -0.130. The Hall–Kier alpha value is -1.62. The molecule has 0 saturated carbocycles. The van der Waals surface area contributed by atoms with E-state index >= 15 is 0 Å². The number of ketones is 1. The van der Waals surface area contributed by atoms with Crippen molar-refractivity contribution in [3.05, 3.63) is 45.6 Å². The third-order valence-corrected chi connectivity index (χ3v) is 5.40. The first-order valence-electron chi connectivity index (χ1n) is 8.91. The largest absolute Gasteiger partial charge is 0.503 e. The Labute approximate surface area is 158 Å². The molecule has 0 radical (unpaired) electrons. The number of hydrogen-bond donors (Lipinski definition) is 1. The number of Topliss-reactive ketones (excluding diaryl/α,β-unsaturated/α-hetero) is 1. The van der Waals surface area contributed by atoms with Crippen molar-refractivity contribution in [2.45, 2.75) is 52.5 Å². The number of halogens is 1. The average molecular weight is 408 g/mol. The summed E-state index contributed by atoms with van der Waals surface area (Å²) < 4.78 is 0.930. The van der Waals surface area contributed by atoms with Gasteiger partial charge in [0.25, 0.3) is 5.91 Å². The van der Waals surface area contributed by atoms with Gasteiger partial charge in [-0.2, -0.15) is 0 Å². The summed E-state index contributed by atoms with van der Waals surface area (Å²) in [5.74, 6) is -0.734. The van der Waals surface area contributed by atoms with E-state index in [2.05, 4.69) is 29.8 Å². The van der Waals surface area contributed by atoms with Crippen LogP contribution >= 0.6 is 15.9 Å². The number of rotatable bonds is 8. The highest BCUT2D eigenvalue weighted by atomic mass is 79.9. The molecule has 0 bridgehead atoms. The fraction of sp³-hybridized carbons (Fsp3) is 0.500. The monoisotopic (exact) mass is 407 g/mol. The van der Waals surface area contributed by atoms with Crippen LogP contribution < -0.4 is 0 Å². The van der Waals surface area contributed by atoms with E-state index in [0.717, 1.165) is 35.7 Å². The Bertz CT molecular complexity index is 666. The smallest absolute Gasteiger partial charge is 0.290 e. The topological polar surface area (TPSA) is 57.6 Å². The van der Waals surface area contributed by atoms with Crippen LogP contribution in [-0.2, 0) is 9.59 Å². The van der Waals surface area contributed by atoms with E-state index in [4.69, 9.17) is 0 Å². The standard InChI is InChI=1S/C20H26BrNO3/c1-4-6-7-14(5-2)12-22-18(15-8-10-16(21)11-9-15)17(13(3)23)19(24)20(22)25/h8-11,14,18,24H,4-7,12H2,1-3H3/t14-,18-/m1/s1. The van der Waals surface area contributed by atoms with Crippen LogP contribution in [0.25, 0.3) is 0 Å². The van der Waals surface area contributed by atoms with E-state index in [9.17, 15) is 14.7 Å². The summed E-state index contributed by atoms with van der Waals surface area (Å²) in [5, 5.41) is 10.3. The summed E-state index contributed by atoms with van der Waals surface area (Å²) in [5.41, 5.74) is 1.05. The van der Waals surface area contributed by atoms with Crippen molar-refractivity contribution in [3.63, 3.8) is 0 Å². The van der Waals surface area contributed by atoms with E-state index in [0.29, 0.717) is 12.5 Å². The van der Waals surface area contributed by atoms with Gasteiger partial charge in [0.2, 0.25) is 0 Å². The van der Waals surface area contributed by atoms with Crippen LogP contribution in [0.1, 0.15) is 58.1 Å². The average Bonchev–Trinajstić information content (AvgIpc) is 2.84. The summed E-state index contributed by atoms with van der Waals surface area (Å²) in [6, 6.07) is 7.06. The second-order valence-corrected chi connectivity index (χ2v) is 7.56. The van der Waals surface area contributed by atoms with Gasteiger partial charge in [-0.15, -0.1) is 0 Å². The molecule has 0 unspecified atom stereocenters. The van der Waals surface area contributed by atoms with Gasteiger partial charge in [0, 0.05) is 11.0 Å². The van der Waals surface area contributed by atoms with Gasteiger partial charge in [0.05, 0.1) is 11.6 Å². The molecule has 0 saturated heterocycles. The zero-order chi connectivity index (χ0) is 18.6. The Morgan fingerprint density at radius 2 is 1.92 bits per heavy atom. The number of aliphatic hydroxyl groups is 1. The van der Waals surface area contributed by atoms with Gasteiger partial charge >= 0.3 is 0 Å². The molecule has 1 heterocycles. The van der Waals surface area contributed by atoms with Crippen LogP contribution in [0.5, 0.6) is 0 Å². The number of aliphatic hydroxyl groups excluding tert-OH is 1. The molecule has 25 heavy (non-hydrogen) atoms. The minimum atomic E-state index is -0.506. The van der Waals surface area contributed by atoms with Gasteiger partial charge in [0.15, 0.2) is 11.5 Å². The van der Waals surface area contributed by atoms with Crippen molar-refractivity contribution >= 4 is 27.6 Å². The zero-order valence-corrected chi connectivity index (χ0v) is 16.7. The Kier molecular flexibility index (Phi) is 6.82. The first kappa shape index (κ1) is 19.7.